The van der Waals surface area contributed by atoms with Crippen LogP contribution in [0.15, 0.2) is 6.20 Å². The summed E-state index contributed by atoms with van der Waals surface area (Å²) in [5.41, 5.74) is 0. The highest BCUT2D eigenvalue weighted by atomic mass is 32.1. The van der Waals surface area contributed by atoms with Gasteiger partial charge < -0.3 is 15.3 Å². The minimum atomic E-state index is -4.65. The lowest BCUT2D eigenvalue weighted by Crippen LogP contribution is -2.40. The molecule has 1 unspecified atom stereocenters. The van der Waals surface area contributed by atoms with Crippen molar-refractivity contribution in [1.82, 2.24) is 15.2 Å². The highest BCUT2D eigenvalue weighted by molar-refractivity contribution is 7.11. The molecule has 1 saturated heterocycles. The third-order valence-corrected chi connectivity index (χ3v) is 5.11. The van der Waals surface area contributed by atoms with E-state index in [1.165, 1.54) is 11.3 Å². The highest BCUT2D eigenvalue weighted by Gasteiger charge is 2.53. The van der Waals surface area contributed by atoms with Gasteiger partial charge in [0.25, 0.3) is 0 Å². The van der Waals surface area contributed by atoms with Gasteiger partial charge in [-0.15, -0.1) is 11.3 Å². The Hall–Kier alpha value is -1.84. The van der Waals surface area contributed by atoms with Crippen molar-refractivity contribution in [1.29, 1.82) is 0 Å². The maximum absolute atomic E-state index is 12.9. The monoisotopic (exact) mass is 365 g/mol. The zero-order valence-electron chi connectivity index (χ0n) is 13.1. The lowest BCUT2D eigenvalue weighted by Gasteiger charge is -2.19. The molecule has 1 aromatic heterocycles. The van der Waals surface area contributed by atoms with Crippen LogP contribution in [0.2, 0.25) is 0 Å². The molecule has 3 atom stereocenters. The zero-order chi connectivity index (χ0) is 18.1. The summed E-state index contributed by atoms with van der Waals surface area (Å²) < 4.78 is 38.8. The van der Waals surface area contributed by atoms with Gasteiger partial charge in [-0.3, -0.25) is 4.79 Å². The minimum absolute atomic E-state index is 0.0797. The molecule has 2 N–H and O–H groups in total. The number of nitrogens with zero attached hydrogens (tertiary/aromatic N) is 2. The van der Waals surface area contributed by atoms with Crippen molar-refractivity contribution < 1.29 is 27.9 Å². The number of carbonyl (C=O) groups is 2. The van der Waals surface area contributed by atoms with E-state index in [-0.39, 0.29) is 12.5 Å². The Balaban J connectivity index is 1.94. The van der Waals surface area contributed by atoms with E-state index >= 15 is 0 Å². The summed E-state index contributed by atoms with van der Waals surface area (Å²) in [5, 5.41) is 12.3. The molecule has 6 nitrogen and oxygen atoms in total. The molecule has 24 heavy (non-hydrogen) atoms. The van der Waals surface area contributed by atoms with E-state index in [9.17, 15) is 22.8 Å². The Morgan fingerprint density at radius 2 is 2.17 bits per heavy atom. The van der Waals surface area contributed by atoms with Crippen molar-refractivity contribution in [2.24, 2.45) is 11.8 Å². The van der Waals surface area contributed by atoms with Gasteiger partial charge in [0.1, 0.15) is 0 Å². The number of alkyl halides is 3. The molecule has 1 aliphatic rings. The summed E-state index contributed by atoms with van der Waals surface area (Å²) in [6, 6.07) is -0.687. The first-order valence-electron chi connectivity index (χ1n) is 7.34. The number of likely N-dealkylation sites (tertiary alicyclic amines) is 1. The fourth-order valence-electron chi connectivity index (χ4n) is 2.59. The zero-order valence-corrected chi connectivity index (χ0v) is 13.9. The number of halogens is 3. The predicted octanol–water partition coefficient (Wildman–Crippen LogP) is 2.46. The van der Waals surface area contributed by atoms with Gasteiger partial charge in [0.15, 0.2) is 0 Å². The van der Waals surface area contributed by atoms with Crippen LogP contribution in [0.1, 0.15) is 22.7 Å². The smallest absolute Gasteiger partial charge is 0.394 e. The molecule has 1 aromatic rings. The van der Waals surface area contributed by atoms with Crippen LogP contribution in [0.5, 0.6) is 0 Å². The van der Waals surface area contributed by atoms with Crippen molar-refractivity contribution in [2.75, 3.05) is 19.6 Å². The third-order valence-electron chi connectivity index (χ3n) is 3.96. The quantitative estimate of drug-likeness (QED) is 0.859. The summed E-state index contributed by atoms with van der Waals surface area (Å²) in [5.74, 6) is -5.29. The summed E-state index contributed by atoms with van der Waals surface area (Å²) in [6.45, 7) is 2.88. The molecule has 1 aliphatic heterocycles. The molecule has 2 heterocycles. The number of urea groups is 1. The third kappa shape index (κ3) is 4.16. The number of aryl methyl sites for hydroxylation is 1. The molecule has 134 valence electrons. The van der Waals surface area contributed by atoms with E-state index in [0.29, 0.717) is 0 Å². The number of rotatable bonds is 4. The molecular formula is C14H18F3N3O3S. The average molecular weight is 365 g/mol. The Morgan fingerprint density at radius 3 is 2.62 bits per heavy atom. The summed E-state index contributed by atoms with van der Waals surface area (Å²) in [6.07, 6.45) is -2.94. The van der Waals surface area contributed by atoms with Crippen LogP contribution in [0, 0.1) is 18.8 Å². The summed E-state index contributed by atoms with van der Waals surface area (Å²) >= 11 is 1.49. The lowest BCUT2D eigenvalue weighted by atomic mass is 9.96. The second-order valence-corrected chi connectivity index (χ2v) is 7.16. The van der Waals surface area contributed by atoms with Gasteiger partial charge in [-0.05, 0) is 6.92 Å². The molecule has 10 heteroatoms. The molecule has 0 spiro atoms. The summed E-state index contributed by atoms with van der Waals surface area (Å²) in [4.78, 5) is 29.2. The largest absolute Gasteiger partial charge is 0.481 e. The first kappa shape index (κ1) is 18.5. The number of aromatic nitrogens is 1. The van der Waals surface area contributed by atoms with Gasteiger partial charge in [0.05, 0.1) is 16.8 Å². The number of carboxylic acid groups (broad SMARTS) is 1. The van der Waals surface area contributed by atoms with Gasteiger partial charge in [0, 0.05) is 36.6 Å². The van der Waals surface area contributed by atoms with Gasteiger partial charge in [-0.25, -0.2) is 9.78 Å². The molecule has 0 saturated carbocycles. The van der Waals surface area contributed by atoms with E-state index in [0.717, 1.165) is 14.8 Å². The van der Waals surface area contributed by atoms with Crippen LogP contribution in [-0.4, -0.2) is 52.8 Å². The van der Waals surface area contributed by atoms with Crippen LogP contribution in [0.3, 0.4) is 0 Å². The fraction of sp³-hybridized carbons (Fsp3) is 0.643. The molecule has 0 radical (unpaired) electrons. The number of carboxylic acids is 1. The average Bonchev–Trinajstić information content (AvgIpc) is 3.10. The topological polar surface area (TPSA) is 82.5 Å². The molecule has 0 aromatic carbocycles. The maximum atomic E-state index is 12.9. The molecule has 0 aliphatic carbocycles. The molecule has 1 fully saturated rings. The van der Waals surface area contributed by atoms with E-state index < -0.39 is 43.1 Å². The Kier molecular flexibility index (Phi) is 5.36. The molecule has 0 bridgehead atoms. The lowest BCUT2D eigenvalue weighted by molar-refractivity contribution is -0.187. The van der Waals surface area contributed by atoms with Crippen molar-refractivity contribution in [3.05, 3.63) is 16.1 Å². The number of thiazole rings is 1. The predicted molar refractivity (Wildman–Crippen MR) is 80.9 cm³/mol. The molecule has 2 rings (SSSR count). The van der Waals surface area contributed by atoms with E-state index in [1.54, 1.807) is 6.20 Å². The van der Waals surface area contributed by atoms with Crippen molar-refractivity contribution in [2.45, 2.75) is 25.9 Å². The van der Waals surface area contributed by atoms with Crippen LogP contribution in [-0.2, 0) is 4.79 Å². The number of carbonyl (C=O) groups excluding carboxylic acids is 1. The van der Waals surface area contributed by atoms with Gasteiger partial charge in [0.2, 0.25) is 0 Å². The Bertz CT molecular complexity index is 620. The first-order chi connectivity index (χ1) is 11.1. The van der Waals surface area contributed by atoms with Crippen LogP contribution >= 0.6 is 11.3 Å². The minimum Gasteiger partial charge on any atom is -0.481 e. The van der Waals surface area contributed by atoms with Gasteiger partial charge in [-0.2, -0.15) is 13.2 Å². The number of nitrogens with one attached hydrogen (secondary N) is 1. The van der Waals surface area contributed by atoms with Gasteiger partial charge in [-0.1, -0.05) is 6.92 Å². The molecular weight excluding hydrogens is 347 g/mol. The number of hydrogen-bond acceptors (Lipinski definition) is 4. The highest BCUT2D eigenvalue weighted by Crippen LogP contribution is 2.37. The van der Waals surface area contributed by atoms with E-state index in [2.05, 4.69) is 10.3 Å². The number of hydrogen-bond donors (Lipinski definition) is 2. The summed E-state index contributed by atoms with van der Waals surface area (Å²) in [7, 11) is 0. The maximum Gasteiger partial charge on any atom is 0.394 e. The van der Waals surface area contributed by atoms with Crippen molar-refractivity contribution in [3.63, 3.8) is 0 Å². The normalized spacial score (nSPS) is 22.5. The van der Waals surface area contributed by atoms with Crippen molar-refractivity contribution >= 4 is 23.3 Å². The standard InChI is InChI=1S/C14H18F3N3O3S/c1-7(11-18-4-8(2)24-11)3-19-13(23)20-5-9(12(21)22)10(6-20)14(15,16)17/h4,7,9-10H,3,5-6H2,1-2H3,(H,19,23)(H,21,22)/t7?,9-,10-/m1/s1. The van der Waals surface area contributed by atoms with E-state index in [1.807, 2.05) is 13.8 Å². The second kappa shape index (κ2) is 6.96. The molecule has 2 amide bonds. The number of aliphatic carboxylic acids is 1. The van der Waals surface area contributed by atoms with Crippen LogP contribution in [0.4, 0.5) is 18.0 Å². The number of amides is 2. The van der Waals surface area contributed by atoms with Gasteiger partial charge >= 0.3 is 18.2 Å². The Labute approximate surface area is 140 Å². The van der Waals surface area contributed by atoms with E-state index in [4.69, 9.17) is 5.11 Å². The Morgan fingerprint density at radius 1 is 1.50 bits per heavy atom. The fourth-order valence-corrected chi connectivity index (χ4v) is 3.42. The SMILES string of the molecule is Cc1cnc(C(C)CNC(=O)N2C[C@@H](C(F)(F)F)[C@H](C(=O)O)C2)s1. The van der Waals surface area contributed by atoms with Crippen LogP contribution in [0.25, 0.3) is 0 Å². The first-order valence-corrected chi connectivity index (χ1v) is 8.16. The second-order valence-electron chi connectivity index (χ2n) is 5.89. The van der Waals surface area contributed by atoms with Crippen molar-refractivity contribution in [3.8, 4) is 0 Å². The van der Waals surface area contributed by atoms with Crippen LogP contribution < -0.4 is 5.32 Å².